The second-order valence-electron chi connectivity index (χ2n) is 2.63. The normalized spacial score (nSPS) is 20.8. The van der Waals surface area contributed by atoms with Crippen molar-refractivity contribution in [1.82, 2.24) is 5.32 Å². The summed E-state index contributed by atoms with van der Waals surface area (Å²) in [5, 5.41) is 2.29. The third kappa shape index (κ3) is 1.80. The summed E-state index contributed by atoms with van der Waals surface area (Å²) in [6.07, 6.45) is 0.953. The van der Waals surface area contributed by atoms with Crippen molar-refractivity contribution in [1.29, 1.82) is 0 Å². The zero-order valence-corrected chi connectivity index (χ0v) is 6.38. The van der Waals surface area contributed by atoms with E-state index in [1.165, 1.54) is 0 Å². The van der Waals surface area contributed by atoms with Crippen molar-refractivity contribution in [2.24, 2.45) is 5.92 Å². The van der Waals surface area contributed by atoms with Gasteiger partial charge in [-0.25, -0.2) is 9.59 Å². The van der Waals surface area contributed by atoms with Crippen LogP contribution in [0.1, 0.15) is 13.8 Å². The Morgan fingerprint density at radius 3 is 2.45 bits per heavy atom. The molecule has 0 atom stereocenters. The van der Waals surface area contributed by atoms with E-state index < -0.39 is 12.1 Å². The number of amides is 1. The zero-order valence-electron chi connectivity index (χ0n) is 6.38. The number of carbonyl (C=O) groups is 2. The van der Waals surface area contributed by atoms with Crippen LogP contribution in [0.25, 0.3) is 0 Å². The van der Waals surface area contributed by atoms with Crippen molar-refractivity contribution in [3.05, 3.63) is 11.8 Å². The van der Waals surface area contributed by atoms with Gasteiger partial charge in [0.2, 0.25) is 0 Å². The highest BCUT2D eigenvalue weighted by Crippen LogP contribution is 2.07. The molecule has 0 saturated carbocycles. The van der Waals surface area contributed by atoms with Crippen LogP contribution < -0.4 is 5.32 Å². The number of alkyl carbamates (subject to hydrolysis) is 1. The summed E-state index contributed by atoms with van der Waals surface area (Å²) in [6.45, 7) is 3.81. The molecule has 0 spiro atoms. The fourth-order valence-corrected chi connectivity index (χ4v) is 0.769. The van der Waals surface area contributed by atoms with Crippen molar-refractivity contribution >= 4 is 12.1 Å². The molecule has 1 saturated heterocycles. The molecule has 1 aliphatic heterocycles. The molecule has 0 aromatic rings. The topological polar surface area (TPSA) is 55.4 Å². The van der Waals surface area contributed by atoms with Gasteiger partial charge in [0.15, 0.2) is 0 Å². The minimum absolute atomic E-state index is 0.218. The zero-order chi connectivity index (χ0) is 8.43. The van der Waals surface area contributed by atoms with Crippen LogP contribution in [0.5, 0.6) is 0 Å². The molecular weight excluding hydrogens is 146 g/mol. The molecule has 1 N–H and O–H groups in total. The lowest BCUT2D eigenvalue weighted by atomic mass is 10.2. The van der Waals surface area contributed by atoms with Gasteiger partial charge in [-0.3, -0.25) is 5.32 Å². The van der Waals surface area contributed by atoms with Crippen LogP contribution in [0.15, 0.2) is 11.8 Å². The maximum atomic E-state index is 10.7. The highest BCUT2D eigenvalue weighted by molar-refractivity contribution is 6.03. The number of hydrogen-bond donors (Lipinski definition) is 1. The highest BCUT2D eigenvalue weighted by atomic mass is 16.6. The third-order valence-corrected chi connectivity index (χ3v) is 1.14. The minimum Gasteiger partial charge on any atom is -0.371 e. The first-order valence-electron chi connectivity index (χ1n) is 3.34. The molecule has 4 heteroatoms. The number of hydrogen-bond acceptors (Lipinski definition) is 3. The van der Waals surface area contributed by atoms with Gasteiger partial charge < -0.3 is 4.74 Å². The summed E-state index contributed by atoms with van der Waals surface area (Å²) in [5.41, 5.74) is 0.241. The molecule has 11 heavy (non-hydrogen) atoms. The summed E-state index contributed by atoms with van der Waals surface area (Å²) in [7, 11) is 0. The second-order valence-corrected chi connectivity index (χ2v) is 2.63. The van der Waals surface area contributed by atoms with Crippen LogP contribution in [0.2, 0.25) is 0 Å². The largest absolute Gasteiger partial charge is 0.419 e. The van der Waals surface area contributed by atoms with Gasteiger partial charge in [0.1, 0.15) is 5.70 Å². The summed E-state index contributed by atoms with van der Waals surface area (Å²) in [4.78, 5) is 21.2. The van der Waals surface area contributed by atoms with E-state index in [0.717, 1.165) is 0 Å². The van der Waals surface area contributed by atoms with Gasteiger partial charge >= 0.3 is 12.1 Å². The fourth-order valence-electron chi connectivity index (χ4n) is 0.769. The maximum Gasteiger partial charge on any atom is 0.419 e. The molecular formula is C7H9NO3. The van der Waals surface area contributed by atoms with E-state index >= 15 is 0 Å². The van der Waals surface area contributed by atoms with Crippen molar-refractivity contribution in [3.8, 4) is 0 Å². The standard InChI is InChI=1S/C7H9NO3/c1-4(2)3-5-6(9)11-7(10)8-5/h3-4H,1-2H3,(H,8,10)/b5-3+. The molecule has 0 aliphatic carbocycles. The first kappa shape index (κ1) is 7.78. The average molecular weight is 155 g/mol. The van der Waals surface area contributed by atoms with Gasteiger partial charge in [-0.15, -0.1) is 0 Å². The average Bonchev–Trinajstić information content (AvgIpc) is 2.09. The van der Waals surface area contributed by atoms with E-state index in [4.69, 9.17) is 0 Å². The molecule has 0 unspecified atom stereocenters. The number of carbonyl (C=O) groups excluding carboxylic acids is 2. The van der Waals surface area contributed by atoms with E-state index in [1.807, 2.05) is 13.8 Å². The Kier molecular flexibility index (Phi) is 1.94. The number of ether oxygens (including phenoxy) is 1. The molecule has 1 aliphatic rings. The lowest BCUT2D eigenvalue weighted by molar-refractivity contribution is -0.130. The van der Waals surface area contributed by atoms with Gasteiger partial charge in [-0.05, 0) is 5.92 Å². The summed E-state index contributed by atoms with van der Waals surface area (Å²) in [5.74, 6) is -0.375. The van der Waals surface area contributed by atoms with Gasteiger partial charge in [0.25, 0.3) is 0 Å². The Balaban J connectivity index is 2.75. The van der Waals surface area contributed by atoms with Crippen LogP contribution in [-0.4, -0.2) is 12.1 Å². The van der Waals surface area contributed by atoms with Gasteiger partial charge in [-0.2, -0.15) is 0 Å². The Hall–Kier alpha value is -1.32. The van der Waals surface area contributed by atoms with E-state index in [1.54, 1.807) is 6.08 Å². The maximum absolute atomic E-state index is 10.7. The summed E-state index contributed by atoms with van der Waals surface area (Å²) in [6, 6.07) is 0. The highest BCUT2D eigenvalue weighted by Gasteiger charge is 2.25. The number of rotatable bonds is 1. The van der Waals surface area contributed by atoms with E-state index in [9.17, 15) is 9.59 Å². The van der Waals surface area contributed by atoms with Gasteiger partial charge in [-0.1, -0.05) is 19.9 Å². The quantitative estimate of drug-likeness (QED) is 0.346. The van der Waals surface area contributed by atoms with Gasteiger partial charge in [0.05, 0.1) is 0 Å². The SMILES string of the molecule is CC(C)/C=C1/NC(=O)OC1=O. The summed E-state index contributed by atoms with van der Waals surface area (Å²) < 4.78 is 4.22. The molecule has 60 valence electrons. The van der Waals surface area contributed by atoms with E-state index in [0.29, 0.717) is 0 Å². The lowest BCUT2D eigenvalue weighted by Crippen LogP contribution is -2.12. The number of esters is 1. The predicted octanol–water partition coefficient (Wildman–Crippen LogP) is 0.793. The Labute approximate surface area is 64.2 Å². The molecule has 1 rings (SSSR count). The fraction of sp³-hybridized carbons (Fsp3) is 0.429. The Morgan fingerprint density at radius 2 is 2.09 bits per heavy atom. The lowest BCUT2D eigenvalue weighted by Gasteiger charge is -1.94. The van der Waals surface area contributed by atoms with E-state index in [-0.39, 0.29) is 11.6 Å². The molecule has 0 radical (unpaired) electrons. The van der Waals surface area contributed by atoms with Crippen molar-refractivity contribution < 1.29 is 14.3 Å². The number of allylic oxidation sites excluding steroid dienone is 1. The molecule has 0 aromatic carbocycles. The Bertz CT molecular complexity index is 230. The third-order valence-electron chi connectivity index (χ3n) is 1.14. The summed E-state index contributed by atoms with van der Waals surface area (Å²) >= 11 is 0. The first-order chi connectivity index (χ1) is 5.09. The monoisotopic (exact) mass is 155 g/mol. The van der Waals surface area contributed by atoms with Crippen molar-refractivity contribution in [2.75, 3.05) is 0 Å². The molecule has 1 amide bonds. The molecule has 4 nitrogen and oxygen atoms in total. The minimum atomic E-state index is -0.693. The smallest absolute Gasteiger partial charge is 0.371 e. The van der Waals surface area contributed by atoms with Crippen LogP contribution in [0.3, 0.4) is 0 Å². The molecule has 0 aromatic heterocycles. The van der Waals surface area contributed by atoms with E-state index in [2.05, 4.69) is 10.1 Å². The van der Waals surface area contributed by atoms with Crippen molar-refractivity contribution in [3.63, 3.8) is 0 Å². The van der Waals surface area contributed by atoms with Gasteiger partial charge in [0, 0.05) is 0 Å². The van der Waals surface area contributed by atoms with Crippen molar-refractivity contribution in [2.45, 2.75) is 13.8 Å². The van der Waals surface area contributed by atoms with Crippen LogP contribution in [0, 0.1) is 5.92 Å². The number of cyclic esters (lactones) is 2. The van der Waals surface area contributed by atoms with Crippen LogP contribution >= 0.6 is 0 Å². The van der Waals surface area contributed by atoms with Crippen LogP contribution in [-0.2, 0) is 9.53 Å². The first-order valence-corrected chi connectivity index (χ1v) is 3.34. The Morgan fingerprint density at radius 1 is 1.45 bits per heavy atom. The molecule has 0 bridgehead atoms. The molecule has 1 fully saturated rings. The second kappa shape index (κ2) is 2.74. The number of nitrogens with one attached hydrogen (secondary N) is 1. The predicted molar refractivity (Wildman–Crippen MR) is 37.5 cm³/mol. The van der Waals surface area contributed by atoms with Crippen LogP contribution in [0.4, 0.5) is 4.79 Å². The molecule has 1 heterocycles.